The Balaban J connectivity index is 3.91. The fourth-order valence-corrected chi connectivity index (χ4v) is 1.21. The minimum Gasteiger partial charge on any atom is -0.354 e. The first kappa shape index (κ1) is 13.6. The van der Waals surface area contributed by atoms with Crippen molar-refractivity contribution in [1.82, 2.24) is 5.32 Å². The molecule has 0 fully saturated rings. The second-order valence-electron chi connectivity index (χ2n) is 4.41. The molecule has 4 nitrogen and oxygen atoms in total. The Bertz CT molecular complexity index is 223. The van der Waals surface area contributed by atoms with Gasteiger partial charge in [0.2, 0.25) is 5.91 Å². The van der Waals surface area contributed by atoms with Gasteiger partial charge in [0.1, 0.15) is 0 Å². The van der Waals surface area contributed by atoms with Crippen LogP contribution in [0.5, 0.6) is 0 Å². The molecule has 1 unspecified atom stereocenters. The van der Waals surface area contributed by atoms with Crippen molar-refractivity contribution in [3.05, 3.63) is 0 Å². The third kappa shape index (κ3) is 5.34. The van der Waals surface area contributed by atoms with Gasteiger partial charge >= 0.3 is 0 Å². The van der Waals surface area contributed by atoms with Crippen LogP contribution in [-0.4, -0.2) is 34.7 Å². The van der Waals surface area contributed by atoms with E-state index in [2.05, 4.69) is 5.32 Å². The summed E-state index contributed by atoms with van der Waals surface area (Å²) in [5.74, 6) is 0.297. The molecule has 0 radical (unpaired) electrons. The van der Waals surface area contributed by atoms with Crippen molar-refractivity contribution >= 4 is 16.7 Å². The zero-order chi connectivity index (χ0) is 11.4. The highest BCUT2D eigenvalue weighted by atomic mass is 32.2. The first-order chi connectivity index (χ1) is 6.25. The topological polar surface area (TPSA) is 72.2 Å². The molecule has 2 atom stereocenters. The number of nitrogens with two attached hydrogens (primary N) is 1. The Hall–Kier alpha value is -0.420. The molecular weight excluding hydrogens is 200 g/mol. The Morgan fingerprint density at radius 3 is 2.36 bits per heavy atom. The van der Waals surface area contributed by atoms with Crippen LogP contribution in [0.1, 0.15) is 20.8 Å². The lowest BCUT2D eigenvalue weighted by atomic mass is 9.87. The quantitative estimate of drug-likeness (QED) is 0.692. The van der Waals surface area contributed by atoms with E-state index in [-0.39, 0.29) is 11.3 Å². The molecule has 0 aromatic carbocycles. The largest absolute Gasteiger partial charge is 0.354 e. The van der Waals surface area contributed by atoms with Gasteiger partial charge in [-0.25, -0.2) is 0 Å². The van der Waals surface area contributed by atoms with E-state index in [0.717, 1.165) is 0 Å². The van der Waals surface area contributed by atoms with E-state index in [1.807, 2.05) is 20.8 Å². The van der Waals surface area contributed by atoms with Gasteiger partial charge in [-0.2, -0.15) is 0 Å². The van der Waals surface area contributed by atoms with Gasteiger partial charge in [0.05, 0.1) is 6.04 Å². The van der Waals surface area contributed by atoms with Crippen LogP contribution in [0.4, 0.5) is 0 Å². The zero-order valence-electron chi connectivity index (χ0n) is 9.29. The first-order valence-electron chi connectivity index (χ1n) is 4.58. The van der Waals surface area contributed by atoms with Crippen molar-refractivity contribution in [1.29, 1.82) is 0 Å². The molecule has 0 heterocycles. The highest BCUT2D eigenvalue weighted by Gasteiger charge is 2.26. The molecule has 1 amide bonds. The predicted octanol–water partition coefficient (Wildman–Crippen LogP) is -0.145. The molecule has 0 aliphatic rings. The van der Waals surface area contributed by atoms with Crippen LogP contribution in [0.25, 0.3) is 0 Å². The van der Waals surface area contributed by atoms with Gasteiger partial charge in [0.25, 0.3) is 0 Å². The fraction of sp³-hybridized carbons (Fsp3) is 0.889. The van der Waals surface area contributed by atoms with E-state index in [1.54, 1.807) is 6.26 Å². The van der Waals surface area contributed by atoms with Crippen molar-refractivity contribution in [2.75, 3.05) is 18.6 Å². The van der Waals surface area contributed by atoms with E-state index < -0.39 is 16.8 Å². The second kappa shape index (κ2) is 5.46. The highest BCUT2D eigenvalue weighted by molar-refractivity contribution is 7.84. The zero-order valence-corrected chi connectivity index (χ0v) is 10.1. The Morgan fingerprint density at radius 2 is 2.00 bits per heavy atom. The van der Waals surface area contributed by atoms with Gasteiger partial charge in [0, 0.05) is 29.4 Å². The average molecular weight is 220 g/mol. The molecule has 5 heteroatoms. The molecular formula is C9H20N2O2S. The molecule has 0 aliphatic heterocycles. The van der Waals surface area contributed by atoms with E-state index in [0.29, 0.717) is 12.3 Å². The van der Waals surface area contributed by atoms with Crippen LogP contribution in [0.3, 0.4) is 0 Å². The van der Waals surface area contributed by atoms with Crippen molar-refractivity contribution in [2.45, 2.75) is 26.8 Å². The van der Waals surface area contributed by atoms with Crippen LogP contribution in [0, 0.1) is 5.41 Å². The predicted molar refractivity (Wildman–Crippen MR) is 59.4 cm³/mol. The van der Waals surface area contributed by atoms with E-state index >= 15 is 0 Å². The van der Waals surface area contributed by atoms with Crippen LogP contribution < -0.4 is 11.1 Å². The molecule has 0 aliphatic carbocycles. The third-order valence-corrected chi connectivity index (χ3v) is 2.68. The monoisotopic (exact) mass is 220 g/mol. The van der Waals surface area contributed by atoms with Crippen LogP contribution in [0.15, 0.2) is 0 Å². The maximum Gasteiger partial charge on any atom is 0.237 e. The Labute approximate surface area is 88.1 Å². The lowest BCUT2D eigenvalue weighted by Crippen LogP contribution is -2.49. The van der Waals surface area contributed by atoms with Crippen molar-refractivity contribution in [2.24, 2.45) is 11.1 Å². The SMILES string of the molecule is CS(=O)CCNC(=O)[C@H](N)C(C)(C)C. The van der Waals surface area contributed by atoms with Crippen molar-refractivity contribution in [3.63, 3.8) is 0 Å². The number of carbonyl (C=O) groups excluding carboxylic acids is 1. The summed E-state index contributed by atoms with van der Waals surface area (Å²) in [5.41, 5.74) is 5.48. The summed E-state index contributed by atoms with van der Waals surface area (Å²) in [6.45, 7) is 6.16. The molecule has 14 heavy (non-hydrogen) atoms. The minimum atomic E-state index is -0.872. The molecule has 0 aromatic rings. The summed E-state index contributed by atoms with van der Waals surface area (Å²) < 4.78 is 10.7. The third-order valence-electron chi connectivity index (χ3n) is 1.90. The number of amides is 1. The van der Waals surface area contributed by atoms with Gasteiger partial charge in [-0.3, -0.25) is 9.00 Å². The number of rotatable bonds is 4. The maximum atomic E-state index is 11.4. The molecule has 0 rings (SSSR count). The van der Waals surface area contributed by atoms with Gasteiger partial charge in [-0.1, -0.05) is 20.8 Å². The summed E-state index contributed by atoms with van der Waals surface area (Å²) in [7, 11) is -0.872. The average Bonchev–Trinajstić information content (AvgIpc) is 2.00. The van der Waals surface area contributed by atoms with Gasteiger partial charge in [-0.05, 0) is 5.41 Å². The standard InChI is InChI=1S/C9H20N2O2S/c1-9(2,3)7(10)8(12)11-5-6-14(4)13/h7H,5-6,10H2,1-4H3,(H,11,12)/t7-,14?/m0/s1. The molecule has 0 aromatic heterocycles. The summed E-state index contributed by atoms with van der Waals surface area (Å²) in [4.78, 5) is 11.4. The number of carbonyl (C=O) groups is 1. The minimum absolute atomic E-state index is 0.178. The van der Waals surface area contributed by atoms with E-state index in [9.17, 15) is 9.00 Å². The molecule has 0 bridgehead atoms. The van der Waals surface area contributed by atoms with E-state index in [4.69, 9.17) is 5.73 Å². The number of hydrogen-bond acceptors (Lipinski definition) is 3. The van der Waals surface area contributed by atoms with E-state index in [1.165, 1.54) is 0 Å². The van der Waals surface area contributed by atoms with Crippen molar-refractivity contribution in [3.8, 4) is 0 Å². The molecule has 0 saturated heterocycles. The smallest absolute Gasteiger partial charge is 0.237 e. The van der Waals surface area contributed by atoms with Gasteiger partial charge < -0.3 is 11.1 Å². The highest BCUT2D eigenvalue weighted by Crippen LogP contribution is 2.16. The van der Waals surface area contributed by atoms with Crippen LogP contribution >= 0.6 is 0 Å². The van der Waals surface area contributed by atoms with Gasteiger partial charge in [0.15, 0.2) is 0 Å². The molecule has 0 spiro atoms. The van der Waals surface area contributed by atoms with Crippen LogP contribution in [0.2, 0.25) is 0 Å². The number of hydrogen-bond donors (Lipinski definition) is 2. The fourth-order valence-electron chi connectivity index (χ4n) is 0.821. The van der Waals surface area contributed by atoms with Gasteiger partial charge in [-0.15, -0.1) is 0 Å². The second-order valence-corrected chi connectivity index (χ2v) is 5.97. The summed E-state index contributed by atoms with van der Waals surface area (Å²) in [5, 5.41) is 2.66. The summed E-state index contributed by atoms with van der Waals surface area (Å²) in [6, 6.07) is -0.521. The lowest BCUT2D eigenvalue weighted by Gasteiger charge is -2.25. The normalized spacial score (nSPS) is 16.1. The molecule has 3 N–H and O–H groups in total. The van der Waals surface area contributed by atoms with Crippen molar-refractivity contribution < 1.29 is 9.00 Å². The summed E-state index contributed by atoms with van der Waals surface area (Å²) in [6.07, 6.45) is 1.61. The lowest BCUT2D eigenvalue weighted by molar-refractivity contribution is -0.124. The first-order valence-corrected chi connectivity index (χ1v) is 6.31. The van der Waals surface area contributed by atoms with Crippen LogP contribution in [-0.2, 0) is 15.6 Å². The Kier molecular flexibility index (Phi) is 5.29. The summed E-state index contributed by atoms with van der Waals surface area (Å²) >= 11 is 0. The Morgan fingerprint density at radius 1 is 1.50 bits per heavy atom. The molecule has 0 saturated carbocycles. The number of nitrogens with one attached hydrogen (secondary N) is 1. The maximum absolute atomic E-state index is 11.4. The molecule has 84 valence electrons.